The lowest BCUT2D eigenvalue weighted by Crippen LogP contribution is -2.34. The van der Waals surface area contributed by atoms with E-state index in [2.05, 4.69) is 18.9 Å². The number of carbonyl (C=O) groups excluding carboxylic acids is 1. The molecule has 2 N–H and O–H groups in total. The van der Waals surface area contributed by atoms with E-state index in [0.717, 1.165) is 31.4 Å². The predicted octanol–water partition coefficient (Wildman–Crippen LogP) is 1.75. The molecule has 4 nitrogen and oxygen atoms in total. The minimum atomic E-state index is -0.0115. The first kappa shape index (κ1) is 13.2. The van der Waals surface area contributed by atoms with Gasteiger partial charge in [-0.25, -0.2) is 5.01 Å². The van der Waals surface area contributed by atoms with Crippen molar-refractivity contribution in [1.29, 1.82) is 0 Å². The first-order valence-electron chi connectivity index (χ1n) is 6.26. The number of nitrogens with two attached hydrogens (primary N) is 1. The van der Waals surface area contributed by atoms with E-state index in [9.17, 15) is 4.79 Å². The molecule has 0 radical (unpaired) electrons. The zero-order valence-electron chi connectivity index (χ0n) is 10.6. The van der Waals surface area contributed by atoms with Crippen LogP contribution in [0.25, 0.3) is 0 Å². The third-order valence-electron chi connectivity index (χ3n) is 3.23. The molecule has 2 atom stereocenters. The Kier molecular flexibility index (Phi) is 4.93. The smallest absolute Gasteiger partial charge is 0.251 e. The van der Waals surface area contributed by atoms with Gasteiger partial charge in [-0.05, 0) is 39.2 Å². The van der Waals surface area contributed by atoms with Crippen molar-refractivity contribution in [2.75, 3.05) is 6.54 Å². The summed E-state index contributed by atoms with van der Waals surface area (Å²) in [5.74, 6) is 0.155. The number of amides is 1. The molecule has 0 saturated carbocycles. The number of nitrogens with zero attached hydrogens (tertiary/aromatic N) is 2. The summed E-state index contributed by atoms with van der Waals surface area (Å²) < 4.78 is 0. The van der Waals surface area contributed by atoms with Crippen molar-refractivity contribution in [3.8, 4) is 0 Å². The van der Waals surface area contributed by atoms with E-state index in [1.165, 1.54) is 0 Å². The van der Waals surface area contributed by atoms with Crippen LogP contribution in [0.5, 0.6) is 0 Å². The number of rotatable bonds is 6. The van der Waals surface area contributed by atoms with Gasteiger partial charge in [-0.15, -0.1) is 0 Å². The van der Waals surface area contributed by atoms with Crippen molar-refractivity contribution in [3.05, 3.63) is 0 Å². The van der Waals surface area contributed by atoms with E-state index in [1.54, 1.807) is 5.01 Å². The first-order chi connectivity index (χ1) is 7.65. The zero-order valence-corrected chi connectivity index (χ0v) is 10.6. The molecule has 0 aliphatic carbocycles. The molecule has 0 bridgehead atoms. The Morgan fingerprint density at radius 1 is 1.50 bits per heavy atom. The highest BCUT2D eigenvalue weighted by molar-refractivity contribution is 6.07. The van der Waals surface area contributed by atoms with Crippen LogP contribution in [-0.4, -0.2) is 29.2 Å². The fraction of sp³-hybridized carbons (Fsp3) is 0.833. The normalized spacial score (nSPS) is 22.5. The second-order valence-corrected chi connectivity index (χ2v) is 4.37. The molecule has 1 aliphatic rings. The van der Waals surface area contributed by atoms with Crippen LogP contribution in [-0.2, 0) is 4.79 Å². The molecule has 1 amide bonds. The topological polar surface area (TPSA) is 58.7 Å². The first-order valence-corrected chi connectivity index (χ1v) is 6.26. The number of hydrogen-bond donors (Lipinski definition) is 1. The summed E-state index contributed by atoms with van der Waals surface area (Å²) in [4.78, 5) is 12.2. The Bertz CT molecular complexity index is 275. The van der Waals surface area contributed by atoms with Gasteiger partial charge in [0.15, 0.2) is 0 Å². The summed E-state index contributed by atoms with van der Waals surface area (Å²) in [6.45, 7) is 6.82. The minimum absolute atomic E-state index is 0.0115. The maximum Gasteiger partial charge on any atom is 0.251 e. The summed E-state index contributed by atoms with van der Waals surface area (Å²) in [5.41, 5.74) is 6.52. The Morgan fingerprint density at radius 2 is 2.19 bits per heavy atom. The molecule has 0 aromatic heterocycles. The van der Waals surface area contributed by atoms with E-state index in [4.69, 9.17) is 5.73 Å². The van der Waals surface area contributed by atoms with Gasteiger partial charge in [0.1, 0.15) is 0 Å². The van der Waals surface area contributed by atoms with Gasteiger partial charge in [-0.2, -0.15) is 5.10 Å². The highest BCUT2D eigenvalue weighted by Gasteiger charge is 2.35. The summed E-state index contributed by atoms with van der Waals surface area (Å²) >= 11 is 0. The van der Waals surface area contributed by atoms with Crippen LogP contribution in [0.4, 0.5) is 0 Å². The molecule has 92 valence electrons. The number of hydrogen-bond acceptors (Lipinski definition) is 3. The lowest BCUT2D eigenvalue weighted by Gasteiger charge is -2.20. The monoisotopic (exact) mass is 225 g/mol. The molecule has 16 heavy (non-hydrogen) atoms. The van der Waals surface area contributed by atoms with E-state index >= 15 is 0 Å². The summed E-state index contributed by atoms with van der Waals surface area (Å²) in [5, 5.41) is 6.12. The SMILES string of the molecule is CCC1=NN(C(C)CC)C(=O)C1CCCN. The van der Waals surface area contributed by atoms with Crippen molar-refractivity contribution in [3.63, 3.8) is 0 Å². The average molecular weight is 225 g/mol. The molecule has 0 saturated heterocycles. The van der Waals surface area contributed by atoms with Gasteiger partial charge in [0.05, 0.1) is 17.7 Å². The fourth-order valence-electron chi connectivity index (χ4n) is 1.98. The standard InChI is InChI=1S/C12H23N3O/c1-4-9(3)15-12(16)10(7-6-8-13)11(5-2)14-15/h9-10H,4-8,13H2,1-3H3. The van der Waals surface area contributed by atoms with Crippen LogP contribution in [0.15, 0.2) is 5.10 Å². The fourth-order valence-corrected chi connectivity index (χ4v) is 1.98. The maximum absolute atomic E-state index is 12.2. The second kappa shape index (κ2) is 5.99. The largest absolute Gasteiger partial charge is 0.330 e. The van der Waals surface area contributed by atoms with E-state index in [0.29, 0.717) is 6.54 Å². The third kappa shape index (κ3) is 2.61. The zero-order chi connectivity index (χ0) is 12.1. The highest BCUT2D eigenvalue weighted by atomic mass is 16.2. The summed E-state index contributed by atoms with van der Waals surface area (Å²) in [6, 6.07) is 0.205. The van der Waals surface area contributed by atoms with E-state index < -0.39 is 0 Å². The van der Waals surface area contributed by atoms with E-state index in [-0.39, 0.29) is 17.9 Å². The summed E-state index contributed by atoms with van der Waals surface area (Å²) in [7, 11) is 0. The average Bonchev–Trinajstić information content (AvgIpc) is 2.62. The van der Waals surface area contributed by atoms with Gasteiger partial charge in [0, 0.05) is 0 Å². The van der Waals surface area contributed by atoms with Gasteiger partial charge >= 0.3 is 0 Å². The van der Waals surface area contributed by atoms with Crippen LogP contribution < -0.4 is 5.73 Å². The van der Waals surface area contributed by atoms with E-state index in [1.807, 2.05) is 6.92 Å². The minimum Gasteiger partial charge on any atom is -0.330 e. The van der Waals surface area contributed by atoms with Crippen LogP contribution in [0.2, 0.25) is 0 Å². The van der Waals surface area contributed by atoms with Crippen LogP contribution in [0, 0.1) is 5.92 Å². The molecule has 1 heterocycles. The van der Waals surface area contributed by atoms with Crippen LogP contribution in [0.3, 0.4) is 0 Å². The number of carbonyl (C=O) groups is 1. The molecule has 4 heteroatoms. The van der Waals surface area contributed by atoms with Gasteiger partial charge in [-0.1, -0.05) is 13.8 Å². The Morgan fingerprint density at radius 3 is 2.69 bits per heavy atom. The van der Waals surface area contributed by atoms with Crippen molar-refractivity contribution in [1.82, 2.24) is 5.01 Å². The van der Waals surface area contributed by atoms with Gasteiger partial charge < -0.3 is 5.73 Å². The quantitative estimate of drug-likeness (QED) is 0.748. The van der Waals surface area contributed by atoms with Crippen molar-refractivity contribution < 1.29 is 4.79 Å². The Hall–Kier alpha value is -0.900. The van der Waals surface area contributed by atoms with Crippen molar-refractivity contribution in [2.24, 2.45) is 16.8 Å². The molecule has 0 fully saturated rings. The molecule has 1 rings (SSSR count). The van der Waals surface area contributed by atoms with Crippen LogP contribution in [0.1, 0.15) is 46.5 Å². The molecule has 0 spiro atoms. The van der Waals surface area contributed by atoms with Crippen molar-refractivity contribution in [2.45, 2.75) is 52.5 Å². The molecule has 0 aromatic rings. The van der Waals surface area contributed by atoms with Gasteiger partial charge in [0.25, 0.3) is 5.91 Å². The van der Waals surface area contributed by atoms with Gasteiger partial charge in [0.2, 0.25) is 0 Å². The molecule has 0 aromatic carbocycles. The second-order valence-electron chi connectivity index (χ2n) is 4.37. The number of hydrazone groups is 1. The third-order valence-corrected chi connectivity index (χ3v) is 3.23. The Balaban J connectivity index is 2.73. The highest BCUT2D eigenvalue weighted by Crippen LogP contribution is 2.24. The Labute approximate surface area is 97.9 Å². The lowest BCUT2D eigenvalue weighted by molar-refractivity contribution is -0.133. The molecular formula is C12H23N3O. The molecule has 1 aliphatic heterocycles. The lowest BCUT2D eigenvalue weighted by atomic mass is 9.95. The van der Waals surface area contributed by atoms with Crippen LogP contribution >= 0.6 is 0 Å². The maximum atomic E-state index is 12.2. The molecule has 2 unspecified atom stereocenters. The molecular weight excluding hydrogens is 202 g/mol. The summed E-state index contributed by atoms with van der Waals surface area (Å²) in [6.07, 6.45) is 3.53. The van der Waals surface area contributed by atoms with Gasteiger partial charge in [-0.3, -0.25) is 4.79 Å². The van der Waals surface area contributed by atoms with Crippen molar-refractivity contribution >= 4 is 11.6 Å². The predicted molar refractivity (Wildman–Crippen MR) is 66.1 cm³/mol.